The molecule has 0 spiro atoms. The second-order valence-electron chi connectivity index (χ2n) is 5.07. The number of carbonyl (C=O) groups is 2. The number of ether oxygens (including phenoxy) is 1. The van der Waals surface area contributed by atoms with Crippen molar-refractivity contribution in [2.75, 3.05) is 32.8 Å². The van der Waals surface area contributed by atoms with Gasteiger partial charge in [0, 0.05) is 19.6 Å². The first kappa shape index (κ1) is 13.1. The molecule has 1 N–H and O–H groups in total. The van der Waals surface area contributed by atoms with E-state index in [-0.39, 0.29) is 6.03 Å². The van der Waals surface area contributed by atoms with E-state index in [0.717, 1.165) is 12.8 Å². The number of aliphatic carboxylic acids is 1. The van der Waals surface area contributed by atoms with Crippen molar-refractivity contribution in [3.05, 3.63) is 0 Å². The monoisotopic (exact) mass is 256 g/mol. The molecule has 6 heteroatoms. The van der Waals surface area contributed by atoms with Crippen LogP contribution < -0.4 is 0 Å². The molecular formula is C12H20N2O4. The summed E-state index contributed by atoms with van der Waals surface area (Å²) in [4.78, 5) is 27.1. The Hall–Kier alpha value is -1.30. The number of urea groups is 1. The smallest absolute Gasteiger partial charge is 0.329 e. The van der Waals surface area contributed by atoms with E-state index in [4.69, 9.17) is 4.74 Å². The third kappa shape index (κ3) is 2.29. The van der Waals surface area contributed by atoms with E-state index in [1.165, 1.54) is 4.90 Å². The van der Waals surface area contributed by atoms with Crippen LogP contribution >= 0.6 is 0 Å². The first-order valence-corrected chi connectivity index (χ1v) is 6.43. The predicted octanol–water partition coefficient (Wildman–Crippen LogP) is 0.768. The quantitative estimate of drug-likeness (QED) is 0.752. The Morgan fingerprint density at radius 1 is 1.17 bits per heavy atom. The van der Waals surface area contributed by atoms with Crippen molar-refractivity contribution < 1.29 is 19.4 Å². The maximum absolute atomic E-state index is 12.4. The first-order chi connectivity index (χ1) is 8.55. The van der Waals surface area contributed by atoms with Gasteiger partial charge in [0.2, 0.25) is 0 Å². The van der Waals surface area contributed by atoms with Gasteiger partial charge in [-0.2, -0.15) is 0 Å². The van der Waals surface area contributed by atoms with E-state index in [0.29, 0.717) is 39.3 Å². The van der Waals surface area contributed by atoms with Crippen LogP contribution in [0.5, 0.6) is 0 Å². The molecule has 2 heterocycles. The van der Waals surface area contributed by atoms with E-state index in [1.807, 2.05) is 0 Å². The maximum atomic E-state index is 12.4. The van der Waals surface area contributed by atoms with Gasteiger partial charge in [-0.1, -0.05) is 0 Å². The van der Waals surface area contributed by atoms with Gasteiger partial charge in [-0.3, -0.25) is 0 Å². The highest BCUT2D eigenvalue weighted by Crippen LogP contribution is 2.29. The molecule has 0 radical (unpaired) electrons. The number of amides is 2. The number of nitrogens with zero attached hydrogens (tertiary/aromatic N) is 2. The summed E-state index contributed by atoms with van der Waals surface area (Å²) in [5, 5.41) is 9.38. The zero-order valence-corrected chi connectivity index (χ0v) is 10.7. The van der Waals surface area contributed by atoms with Crippen molar-refractivity contribution >= 4 is 12.0 Å². The van der Waals surface area contributed by atoms with Gasteiger partial charge in [0.1, 0.15) is 5.54 Å². The Morgan fingerprint density at radius 2 is 1.83 bits per heavy atom. The van der Waals surface area contributed by atoms with E-state index in [2.05, 4.69) is 0 Å². The molecule has 0 aliphatic carbocycles. The largest absolute Gasteiger partial charge is 0.480 e. The van der Waals surface area contributed by atoms with Crippen LogP contribution in [0.3, 0.4) is 0 Å². The highest BCUT2D eigenvalue weighted by atomic mass is 16.5. The van der Waals surface area contributed by atoms with Gasteiger partial charge in [0.05, 0.1) is 13.2 Å². The zero-order valence-electron chi connectivity index (χ0n) is 10.7. The topological polar surface area (TPSA) is 70.1 Å². The van der Waals surface area contributed by atoms with Crippen LogP contribution in [0.2, 0.25) is 0 Å². The molecule has 0 bridgehead atoms. The molecule has 1 atom stereocenters. The summed E-state index contributed by atoms with van der Waals surface area (Å²) >= 11 is 0. The highest BCUT2D eigenvalue weighted by molar-refractivity contribution is 5.86. The summed E-state index contributed by atoms with van der Waals surface area (Å²) in [5.41, 5.74) is -1.06. The second-order valence-corrected chi connectivity index (χ2v) is 5.07. The molecule has 0 saturated carbocycles. The van der Waals surface area contributed by atoms with E-state index in [1.54, 1.807) is 11.8 Å². The third-order valence-electron chi connectivity index (χ3n) is 3.86. The summed E-state index contributed by atoms with van der Waals surface area (Å²) in [6.45, 7) is 4.33. The minimum Gasteiger partial charge on any atom is -0.480 e. The molecule has 0 aromatic heterocycles. The van der Waals surface area contributed by atoms with Crippen molar-refractivity contribution in [2.45, 2.75) is 31.7 Å². The lowest BCUT2D eigenvalue weighted by atomic mass is 9.89. The fraction of sp³-hybridized carbons (Fsp3) is 0.833. The Balaban J connectivity index is 2.13. The number of rotatable bonds is 1. The molecule has 6 nitrogen and oxygen atoms in total. The summed E-state index contributed by atoms with van der Waals surface area (Å²) in [6.07, 6.45) is 2.26. The Kier molecular flexibility index (Phi) is 3.75. The fourth-order valence-electron chi connectivity index (χ4n) is 2.58. The van der Waals surface area contributed by atoms with E-state index in [9.17, 15) is 14.7 Å². The Morgan fingerprint density at radius 3 is 2.44 bits per heavy atom. The average Bonchev–Trinajstić information content (AvgIpc) is 2.39. The molecule has 1 unspecified atom stereocenters. The number of piperidine rings is 1. The van der Waals surface area contributed by atoms with Gasteiger partial charge in [-0.25, -0.2) is 9.59 Å². The standard InChI is InChI=1S/C12H20N2O4/c1-12(10(15)16)4-2-3-5-14(12)11(17)13-6-8-18-9-7-13/h2-9H2,1H3,(H,15,16). The van der Waals surface area contributed by atoms with Crippen molar-refractivity contribution in [3.63, 3.8) is 0 Å². The number of morpholine rings is 1. The van der Waals surface area contributed by atoms with Gasteiger partial charge in [-0.15, -0.1) is 0 Å². The molecule has 0 aromatic carbocycles. The molecule has 2 aliphatic rings. The van der Waals surface area contributed by atoms with Crippen molar-refractivity contribution in [2.24, 2.45) is 0 Å². The molecule has 102 valence electrons. The Labute approximate surface area is 106 Å². The minimum absolute atomic E-state index is 0.164. The van der Waals surface area contributed by atoms with Crippen LogP contribution in [0.15, 0.2) is 0 Å². The lowest BCUT2D eigenvalue weighted by molar-refractivity contribution is -0.151. The Bertz CT molecular complexity index is 341. The summed E-state index contributed by atoms with van der Waals surface area (Å²) in [5.74, 6) is -0.913. The molecule has 2 fully saturated rings. The number of hydrogen-bond donors (Lipinski definition) is 1. The molecule has 2 rings (SSSR count). The SMILES string of the molecule is CC1(C(=O)O)CCCCN1C(=O)N1CCOCC1. The van der Waals surface area contributed by atoms with Gasteiger partial charge < -0.3 is 19.6 Å². The van der Waals surface area contributed by atoms with Crippen LogP contribution in [0.25, 0.3) is 0 Å². The van der Waals surface area contributed by atoms with Crippen molar-refractivity contribution in [1.29, 1.82) is 0 Å². The summed E-state index contributed by atoms with van der Waals surface area (Å²) < 4.78 is 5.21. The van der Waals surface area contributed by atoms with Crippen molar-refractivity contribution in [3.8, 4) is 0 Å². The minimum atomic E-state index is -1.06. The maximum Gasteiger partial charge on any atom is 0.329 e. The number of carboxylic acids is 1. The predicted molar refractivity (Wildman–Crippen MR) is 64.4 cm³/mol. The summed E-state index contributed by atoms with van der Waals surface area (Å²) in [6, 6.07) is -0.164. The molecule has 2 saturated heterocycles. The van der Waals surface area contributed by atoms with Crippen LogP contribution in [0, 0.1) is 0 Å². The lowest BCUT2D eigenvalue weighted by Crippen LogP contribution is -2.61. The van der Waals surface area contributed by atoms with Gasteiger partial charge in [0.25, 0.3) is 0 Å². The fourth-order valence-corrected chi connectivity index (χ4v) is 2.58. The number of carboxylic acid groups (broad SMARTS) is 1. The lowest BCUT2D eigenvalue weighted by Gasteiger charge is -2.44. The molecular weight excluding hydrogens is 236 g/mol. The third-order valence-corrected chi connectivity index (χ3v) is 3.86. The second kappa shape index (κ2) is 5.14. The van der Waals surface area contributed by atoms with Crippen molar-refractivity contribution in [1.82, 2.24) is 9.80 Å². The highest BCUT2D eigenvalue weighted by Gasteiger charge is 2.45. The number of carbonyl (C=O) groups excluding carboxylic acids is 1. The molecule has 0 aromatic rings. The first-order valence-electron chi connectivity index (χ1n) is 6.43. The molecule has 2 aliphatic heterocycles. The van der Waals surface area contributed by atoms with Gasteiger partial charge >= 0.3 is 12.0 Å². The van der Waals surface area contributed by atoms with E-state index < -0.39 is 11.5 Å². The van der Waals surface area contributed by atoms with Crippen LogP contribution in [-0.2, 0) is 9.53 Å². The van der Waals surface area contributed by atoms with Gasteiger partial charge in [-0.05, 0) is 26.2 Å². The van der Waals surface area contributed by atoms with Gasteiger partial charge in [0.15, 0.2) is 0 Å². The summed E-state index contributed by atoms with van der Waals surface area (Å²) in [7, 11) is 0. The zero-order chi connectivity index (χ0) is 13.2. The average molecular weight is 256 g/mol. The number of hydrogen-bond acceptors (Lipinski definition) is 3. The van der Waals surface area contributed by atoms with Crippen LogP contribution in [0.4, 0.5) is 4.79 Å². The number of likely N-dealkylation sites (tertiary alicyclic amines) is 1. The molecule has 2 amide bonds. The van der Waals surface area contributed by atoms with Crippen LogP contribution in [-0.4, -0.2) is 65.3 Å². The van der Waals surface area contributed by atoms with E-state index >= 15 is 0 Å². The molecule has 18 heavy (non-hydrogen) atoms. The van der Waals surface area contributed by atoms with Crippen LogP contribution in [0.1, 0.15) is 26.2 Å². The normalized spacial score (nSPS) is 29.2.